The highest BCUT2D eigenvalue weighted by Gasteiger charge is 2.24. The topological polar surface area (TPSA) is 46.8 Å². The van der Waals surface area contributed by atoms with Gasteiger partial charge in [-0.15, -0.1) is 0 Å². The maximum absolute atomic E-state index is 4.79. The quantitative estimate of drug-likeness (QED) is 0.853. The largest absolute Gasteiger partial charge is 0.294 e. The number of rotatable bonds is 4. The molecule has 2 aromatic heterocycles. The Balaban J connectivity index is 1.77. The molecule has 5 nitrogen and oxygen atoms in total. The summed E-state index contributed by atoms with van der Waals surface area (Å²) in [5.74, 6) is 0.993. The van der Waals surface area contributed by atoms with Gasteiger partial charge in [0, 0.05) is 61.2 Å². The van der Waals surface area contributed by atoms with Crippen LogP contribution in [0.2, 0.25) is 0 Å². The van der Waals surface area contributed by atoms with E-state index < -0.39 is 0 Å². The zero-order valence-electron chi connectivity index (χ0n) is 16.6. The van der Waals surface area contributed by atoms with Gasteiger partial charge in [-0.2, -0.15) is 5.10 Å². The molecular formula is C20H31N5. The smallest absolute Gasteiger partial charge is 0.128 e. The molecular weight excluding hydrogens is 310 g/mol. The minimum Gasteiger partial charge on any atom is -0.294 e. The molecule has 0 unspecified atom stereocenters. The van der Waals surface area contributed by atoms with Crippen LogP contribution in [0.1, 0.15) is 68.1 Å². The summed E-state index contributed by atoms with van der Waals surface area (Å²) in [6, 6.07) is 0. The van der Waals surface area contributed by atoms with Gasteiger partial charge in [0.05, 0.1) is 11.2 Å². The van der Waals surface area contributed by atoms with Gasteiger partial charge >= 0.3 is 0 Å². The second kappa shape index (κ2) is 6.87. The first-order valence-electron chi connectivity index (χ1n) is 9.41. The molecule has 0 amide bonds. The van der Waals surface area contributed by atoms with E-state index in [0.717, 1.165) is 50.4 Å². The van der Waals surface area contributed by atoms with Gasteiger partial charge in [-0.3, -0.25) is 9.58 Å². The Bertz CT molecular complexity index is 754. The molecule has 3 heterocycles. The predicted molar refractivity (Wildman–Crippen MR) is 101 cm³/mol. The summed E-state index contributed by atoms with van der Waals surface area (Å²) >= 11 is 0. The van der Waals surface area contributed by atoms with Crippen molar-refractivity contribution >= 4 is 0 Å². The van der Waals surface area contributed by atoms with Crippen LogP contribution in [0.5, 0.6) is 0 Å². The predicted octanol–water partition coefficient (Wildman–Crippen LogP) is 3.56. The van der Waals surface area contributed by atoms with Crippen molar-refractivity contribution in [2.24, 2.45) is 0 Å². The van der Waals surface area contributed by atoms with Gasteiger partial charge < -0.3 is 0 Å². The van der Waals surface area contributed by atoms with E-state index in [4.69, 9.17) is 10.1 Å². The van der Waals surface area contributed by atoms with E-state index in [0.29, 0.717) is 0 Å². The maximum Gasteiger partial charge on any atom is 0.128 e. The number of nitrogens with zero attached hydrogens (tertiary/aromatic N) is 5. The SMILES string of the molecule is CCCc1ncc2c(n1)CCN(Cc1c(C)nn(C(C)(C)C)c1C)C2. The van der Waals surface area contributed by atoms with E-state index in [1.165, 1.54) is 22.5 Å². The fraction of sp³-hybridized carbons (Fsp3) is 0.650. The summed E-state index contributed by atoms with van der Waals surface area (Å²) in [5, 5.41) is 4.79. The number of aryl methyl sites for hydroxylation is 2. The average molecular weight is 342 g/mol. The Morgan fingerprint density at radius 2 is 1.96 bits per heavy atom. The van der Waals surface area contributed by atoms with Crippen molar-refractivity contribution in [2.45, 2.75) is 79.4 Å². The molecule has 0 atom stereocenters. The molecule has 0 aromatic carbocycles. The summed E-state index contributed by atoms with van der Waals surface area (Å²) < 4.78 is 2.16. The van der Waals surface area contributed by atoms with Crippen LogP contribution in [0.3, 0.4) is 0 Å². The fourth-order valence-corrected chi connectivity index (χ4v) is 3.68. The van der Waals surface area contributed by atoms with Crippen LogP contribution in [0.4, 0.5) is 0 Å². The highest BCUT2D eigenvalue weighted by Crippen LogP contribution is 2.25. The van der Waals surface area contributed by atoms with Gasteiger partial charge in [0.15, 0.2) is 0 Å². The second-order valence-electron chi connectivity index (χ2n) is 8.20. The molecule has 0 saturated heterocycles. The molecule has 0 N–H and O–H groups in total. The lowest BCUT2D eigenvalue weighted by Gasteiger charge is -2.28. The molecule has 0 spiro atoms. The van der Waals surface area contributed by atoms with E-state index in [-0.39, 0.29) is 5.54 Å². The molecule has 136 valence electrons. The van der Waals surface area contributed by atoms with Crippen LogP contribution >= 0.6 is 0 Å². The average Bonchev–Trinajstić information content (AvgIpc) is 2.83. The summed E-state index contributed by atoms with van der Waals surface area (Å²) in [6.07, 6.45) is 5.13. The lowest BCUT2D eigenvalue weighted by molar-refractivity contribution is 0.241. The summed E-state index contributed by atoms with van der Waals surface area (Å²) in [7, 11) is 0. The van der Waals surface area contributed by atoms with Crippen molar-refractivity contribution in [3.63, 3.8) is 0 Å². The minimum atomic E-state index is 0.0190. The molecule has 2 aromatic rings. The molecule has 0 radical (unpaired) electrons. The van der Waals surface area contributed by atoms with E-state index in [9.17, 15) is 0 Å². The highest BCUT2D eigenvalue weighted by atomic mass is 15.3. The second-order valence-corrected chi connectivity index (χ2v) is 8.20. The van der Waals surface area contributed by atoms with Crippen molar-refractivity contribution in [1.82, 2.24) is 24.6 Å². The lowest BCUT2D eigenvalue weighted by atomic mass is 10.0. The van der Waals surface area contributed by atoms with Crippen LogP contribution in [0.15, 0.2) is 6.20 Å². The van der Waals surface area contributed by atoms with Gasteiger partial charge in [-0.05, 0) is 41.0 Å². The monoisotopic (exact) mass is 341 g/mol. The van der Waals surface area contributed by atoms with Crippen molar-refractivity contribution < 1.29 is 0 Å². The molecule has 1 aliphatic rings. The van der Waals surface area contributed by atoms with Crippen molar-refractivity contribution in [1.29, 1.82) is 0 Å². The number of aromatic nitrogens is 4. The van der Waals surface area contributed by atoms with Crippen molar-refractivity contribution in [2.75, 3.05) is 6.54 Å². The highest BCUT2D eigenvalue weighted by molar-refractivity contribution is 5.27. The Morgan fingerprint density at radius 1 is 1.20 bits per heavy atom. The van der Waals surface area contributed by atoms with Crippen molar-refractivity contribution in [3.8, 4) is 0 Å². The molecule has 0 aliphatic carbocycles. The molecule has 25 heavy (non-hydrogen) atoms. The Labute approximate surface area is 151 Å². The standard InChI is InChI=1S/C20H31N5/c1-7-8-19-21-11-16-12-24(10-9-18(16)22-19)13-17-14(2)23-25(15(17)3)20(4,5)6/h11H,7-10,12-13H2,1-6H3. The number of hydrogen-bond acceptors (Lipinski definition) is 4. The third-order valence-electron chi connectivity index (χ3n) is 4.99. The number of fused-ring (bicyclic) bond motifs is 1. The van der Waals surface area contributed by atoms with E-state index in [1.54, 1.807) is 0 Å². The summed E-state index contributed by atoms with van der Waals surface area (Å²) in [4.78, 5) is 11.8. The molecule has 3 rings (SSSR count). The Hall–Kier alpha value is -1.75. The first-order valence-corrected chi connectivity index (χ1v) is 9.41. The third-order valence-corrected chi connectivity index (χ3v) is 4.99. The molecule has 0 bridgehead atoms. The molecule has 0 saturated carbocycles. The Morgan fingerprint density at radius 3 is 2.60 bits per heavy atom. The first-order chi connectivity index (χ1) is 11.8. The van der Waals surface area contributed by atoms with E-state index in [1.807, 2.05) is 6.20 Å². The van der Waals surface area contributed by atoms with E-state index >= 15 is 0 Å². The number of hydrogen-bond donors (Lipinski definition) is 0. The van der Waals surface area contributed by atoms with Gasteiger partial charge in [0.1, 0.15) is 5.82 Å². The van der Waals surface area contributed by atoms with Crippen LogP contribution in [-0.2, 0) is 31.5 Å². The van der Waals surface area contributed by atoms with E-state index in [2.05, 4.69) is 56.1 Å². The molecule has 0 fully saturated rings. The lowest BCUT2D eigenvalue weighted by Crippen LogP contribution is -2.31. The van der Waals surface area contributed by atoms with Crippen LogP contribution in [-0.4, -0.2) is 31.2 Å². The first kappa shape index (κ1) is 18.1. The van der Waals surface area contributed by atoms with Gasteiger partial charge in [-0.25, -0.2) is 9.97 Å². The molecule has 1 aliphatic heterocycles. The zero-order chi connectivity index (χ0) is 18.2. The van der Waals surface area contributed by atoms with Gasteiger partial charge in [-0.1, -0.05) is 6.92 Å². The van der Waals surface area contributed by atoms with Gasteiger partial charge in [0.25, 0.3) is 0 Å². The van der Waals surface area contributed by atoms with Crippen LogP contribution in [0, 0.1) is 13.8 Å². The van der Waals surface area contributed by atoms with Crippen LogP contribution < -0.4 is 0 Å². The minimum absolute atomic E-state index is 0.0190. The van der Waals surface area contributed by atoms with Crippen LogP contribution in [0.25, 0.3) is 0 Å². The van der Waals surface area contributed by atoms with Crippen molar-refractivity contribution in [3.05, 3.63) is 40.2 Å². The molecule has 5 heteroatoms. The summed E-state index contributed by atoms with van der Waals surface area (Å²) in [6.45, 7) is 16.0. The van der Waals surface area contributed by atoms with Gasteiger partial charge in [0.2, 0.25) is 0 Å². The Kier molecular flexibility index (Phi) is 4.96. The normalized spacial score (nSPS) is 15.4. The summed E-state index contributed by atoms with van der Waals surface area (Å²) in [5.41, 5.74) is 6.34. The maximum atomic E-state index is 4.79. The fourth-order valence-electron chi connectivity index (χ4n) is 3.68. The third kappa shape index (κ3) is 3.76. The zero-order valence-corrected chi connectivity index (χ0v) is 16.6.